The van der Waals surface area contributed by atoms with Crippen molar-refractivity contribution in [3.05, 3.63) is 66.5 Å². The normalized spacial score (nSPS) is 16.3. The molecule has 0 amide bonds. The van der Waals surface area contributed by atoms with Crippen LogP contribution in [0.3, 0.4) is 0 Å². The number of piperidine rings is 1. The van der Waals surface area contributed by atoms with Gasteiger partial charge in [-0.3, -0.25) is 4.98 Å². The number of aromatic nitrogens is 4. The van der Waals surface area contributed by atoms with Gasteiger partial charge in [0.25, 0.3) is 0 Å². The molecule has 146 valence electrons. The second-order valence-corrected chi connectivity index (χ2v) is 8.15. The van der Waals surface area contributed by atoms with Crippen molar-refractivity contribution >= 4 is 17.6 Å². The predicted octanol–water partition coefficient (Wildman–Crippen LogP) is 3.45. The van der Waals surface area contributed by atoms with Gasteiger partial charge < -0.3 is 14.6 Å². The number of thioether (sulfide) groups is 1. The Bertz CT molecular complexity index is 893. The Kier molecular flexibility index (Phi) is 5.92. The number of anilines is 1. The molecular weight excluding hydrogens is 370 g/mol. The van der Waals surface area contributed by atoms with E-state index in [2.05, 4.69) is 39.1 Å². The summed E-state index contributed by atoms with van der Waals surface area (Å²) in [7, 11) is 1.93. The summed E-state index contributed by atoms with van der Waals surface area (Å²) >= 11 is 1.71. The van der Waals surface area contributed by atoms with Gasteiger partial charge >= 0.3 is 0 Å². The second kappa shape index (κ2) is 8.75. The van der Waals surface area contributed by atoms with Gasteiger partial charge in [-0.05, 0) is 24.3 Å². The Morgan fingerprint density at radius 3 is 2.68 bits per heavy atom. The Balaban J connectivity index is 1.35. The SMILES string of the molecule is Cn1ccnc1C(O)C1CCN(c2cncc(SCc3ccccc3)n2)CC1. The Hall–Kier alpha value is -2.38. The maximum Gasteiger partial charge on any atom is 0.148 e. The standard InChI is InChI=1S/C21H25N5OS/c1-25-12-9-23-21(25)20(27)17-7-10-26(11-8-17)18-13-22-14-19(24-18)28-15-16-5-3-2-4-6-16/h2-6,9,12-14,17,20,27H,7-8,10-11,15H2,1H3. The van der Waals surface area contributed by atoms with E-state index in [0.29, 0.717) is 0 Å². The Morgan fingerprint density at radius 2 is 1.96 bits per heavy atom. The first kappa shape index (κ1) is 19.0. The summed E-state index contributed by atoms with van der Waals surface area (Å²) in [6, 6.07) is 10.4. The molecule has 1 atom stereocenters. The lowest BCUT2D eigenvalue weighted by Gasteiger charge is -2.34. The van der Waals surface area contributed by atoms with E-state index in [1.807, 2.05) is 36.3 Å². The van der Waals surface area contributed by atoms with Crippen molar-refractivity contribution in [3.8, 4) is 0 Å². The average molecular weight is 396 g/mol. The molecule has 2 aromatic heterocycles. The van der Waals surface area contributed by atoms with Crippen LogP contribution in [-0.4, -0.2) is 37.7 Å². The molecule has 0 radical (unpaired) electrons. The summed E-state index contributed by atoms with van der Waals surface area (Å²) in [5.41, 5.74) is 1.28. The van der Waals surface area contributed by atoms with Crippen LogP contribution in [0, 0.1) is 5.92 Å². The highest BCUT2D eigenvalue weighted by molar-refractivity contribution is 7.98. The van der Waals surface area contributed by atoms with Crippen LogP contribution in [0.4, 0.5) is 5.82 Å². The molecule has 0 spiro atoms. The van der Waals surface area contributed by atoms with Crippen LogP contribution in [0.25, 0.3) is 0 Å². The summed E-state index contributed by atoms with van der Waals surface area (Å²) < 4.78 is 1.90. The van der Waals surface area contributed by atoms with Crippen LogP contribution in [0.2, 0.25) is 0 Å². The van der Waals surface area contributed by atoms with Crippen molar-refractivity contribution in [2.45, 2.75) is 29.7 Å². The number of rotatable bonds is 6. The van der Waals surface area contributed by atoms with Gasteiger partial charge in [-0.2, -0.15) is 0 Å². The summed E-state index contributed by atoms with van der Waals surface area (Å²) in [5, 5.41) is 11.6. The van der Waals surface area contributed by atoms with Crippen molar-refractivity contribution in [2.24, 2.45) is 13.0 Å². The molecule has 0 saturated carbocycles. The summed E-state index contributed by atoms with van der Waals surface area (Å²) in [4.78, 5) is 15.7. The van der Waals surface area contributed by atoms with Gasteiger partial charge in [0.05, 0.1) is 12.4 Å². The van der Waals surface area contributed by atoms with E-state index in [9.17, 15) is 5.11 Å². The van der Waals surface area contributed by atoms with E-state index in [4.69, 9.17) is 4.98 Å². The third kappa shape index (κ3) is 4.36. The number of benzene rings is 1. The average Bonchev–Trinajstić information content (AvgIpc) is 3.19. The molecule has 3 heterocycles. The molecule has 0 aliphatic carbocycles. The van der Waals surface area contributed by atoms with Crippen LogP contribution in [-0.2, 0) is 12.8 Å². The zero-order valence-electron chi connectivity index (χ0n) is 16.0. The van der Waals surface area contributed by atoms with Crippen LogP contribution < -0.4 is 4.90 Å². The number of aliphatic hydroxyl groups is 1. The topological polar surface area (TPSA) is 67.1 Å². The minimum Gasteiger partial charge on any atom is -0.385 e. The third-order valence-corrected chi connectivity index (χ3v) is 6.23. The first-order valence-corrected chi connectivity index (χ1v) is 10.6. The number of hydrogen-bond acceptors (Lipinski definition) is 6. The molecule has 6 nitrogen and oxygen atoms in total. The van der Waals surface area contributed by atoms with Crippen molar-refractivity contribution in [1.82, 2.24) is 19.5 Å². The highest BCUT2D eigenvalue weighted by atomic mass is 32.2. The molecule has 1 fully saturated rings. The fourth-order valence-electron chi connectivity index (χ4n) is 3.61. The molecule has 4 rings (SSSR count). The van der Waals surface area contributed by atoms with Crippen molar-refractivity contribution in [2.75, 3.05) is 18.0 Å². The second-order valence-electron chi connectivity index (χ2n) is 7.16. The molecule has 1 aromatic carbocycles. The van der Waals surface area contributed by atoms with Crippen LogP contribution in [0.5, 0.6) is 0 Å². The number of hydrogen-bond donors (Lipinski definition) is 1. The van der Waals surface area contributed by atoms with Gasteiger partial charge in [-0.1, -0.05) is 30.3 Å². The maximum atomic E-state index is 10.7. The number of aliphatic hydroxyl groups excluding tert-OH is 1. The Labute approximate surface area is 169 Å². The molecule has 1 aliphatic heterocycles. The fraction of sp³-hybridized carbons (Fsp3) is 0.381. The predicted molar refractivity (Wildman–Crippen MR) is 111 cm³/mol. The van der Waals surface area contributed by atoms with Gasteiger partial charge in [0.1, 0.15) is 22.8 Å². The molecule has 1 N–H and O–H groups in total. The molecule has 1 aliphatic rings. The van der Waals surface area contributed by atoms with E-state index in [1.165, 1.54) is 5.56 Å². The van der Waals surface area contributed by atoms with Gasteiger partial charge in [0, 0.05) is 38.3 Å². The van der Waals surface area contributed by atoms with E-state index in [0.717, 1.165) is 48.4 Å². The quantitative estimate of drug-likeness (QED) is 0.645. The fourth-order valence-corrected chi connectivity index (χ4v) is 4.41. The van der Waals surface area contributed by atoms with Crippen LogP contribution >= 0.6 is 11.8 Å². The van der Waals surface area contributed by atoms with Gasteiger partial charge in [0.15, 0.2) is 0 Å². The number of nitrogens with zero attached hydrogens (tertiary/aromatic N) is 5. The largest absolute Gasteiger partial charge is 0.385 e. The molecule has 7 heteroatoms. The number of aryl methyl sites for hydroxylation is 1. The van der Waals surface area contributed by atoms with Gasteiger partial charge in [-0.15, -0.1) is 11.8 Å². The minimum atomic E-state index is -0.513. The molecule has 1 saturated heterocycles. The number of imidazole rings is 1. The lowest BCUT2D eigenvalue weighted by Crippen LogP contribution is -2.36. The molecule has 28 heavy (non-hydrogen) atoms. The zero-order valence-corrected chi connectivity index (χ0v) is 16.8. The van der Waals surface area contributed by atoms with Gasteiger partial charge in [-0.25, -0.2) is 9.97 Å². The smallest absolute Gasteiger partial charge is 0.148 e. The zero-order chi connectivity index (χ0) is 19.3. The molecule has 0 bridgehead atoms. The summed E-state index contributed by atoms with van der Waals surface area (Å²) in [5.74, 6) is 2.78. The first-order chi connectivity index (χ1) is 13.7. The van der Waals surface area contributed by atoms with Crippen LogP contribution in [0.1, 0.15) is 30.3 Å². The lowest BCUT2D eigenvalue weighted by molar-refractivity contribution is 0.0824. The highest BCUT2D eigenvalue weighted by Crippen LogP contribution is 2.31. The van der Waals surface area contributed by atoms with E-state index < -0.39 is 6.10 Å². The van der Waals surface area contributed by atoms with E-state index in [-0.39, 0.29) is 5.92 Å². The van der Waals surface area contributed by atoms with E-state index >= 15 is 0 Å². The third-order valence-electron chi connectivity index (χ3n) is 5.26. The lowest BCUT2D eigenvalue weighted by atomic mass is 9.91. The van der Waals surface area contributed by atoms with Crippen molar-refractivity contribution < 1.29 is 5.11 Å². The van der Waals surface area contributed by atoms with Crippen molar-refractivity contribution in [3.63, 3.8) is 0 Å². The molecule has 1 unspecified atom stereocenters. The summed E-state index contributed by atoms with van der Waals surface area (Å²) in [6.07, 6.45) is 8.59. The monoisotopic (exact) mass is 395 g/mol. The summed E-state index contributed by atoms with van der Waals surface area (Å²) in [6.45, 7) is 1.74. The van der Waals surface area contributed by atoms with Gasteiger partial charge in [0.2, 0.25) is 0 Å². The van der Waals surface area contributed by atoms with Crippen LogP contribution in [0.15, 0.2) is 60.1 Å². The van der Waals surface area contributed by atoms with E-state index in [1.54, 1.807) is 18.0 Å². The molecular formula is C21H25N5OS. The molecule has 3 aromatic rings. The Morgan fingerprint density at radius 1 is 1.18 bits per heavy atom. The highest BCUT2D eigenvalue weighted by Gasteiger charge is 2.29. The van der Waals surface area contributed by atoms with Crippen molar-refractivity contribution in [1.29, 1.82) is 0 Å². The first-order valence-electron chi connectivity index (χ1n) is 9.59. The minimum absolute atomic E-state index is 0.223. The maximum absolute atomic E-state index is 10.7.